The van der Waals surface area contributed by atoms with Crippen LogP contribution in [-0.4, -0.2) is 48.2 Å². The molecular weight excluding hydrogens is 374 g/mol. The number of carbonyl (C=O) groups is 2. The highest BCUT2D eigenvalue weighted by molar-refractivity contribution is 8.00. The number of urea groups is 1. The molecule has 8 heteroatoms. The first-order valence-corrected chi connectivity index (χ1v) is 10.4. The number of thioether (sulfide) groups is 1. The number of unbranched alkanes of at least 4 members (excludes halogenated alkanes) is 1. The summed E-state index contributed by atoms with van der Waals surface area (Å²) >= 11 is 7.72. The smallest absolute Gasteiger partial charge is 0.315 e. The Morgan fingerprint density at radius 1 is 1.27 bits per heavy atom. The van der Waals surface area contributed by atoms with Crippen molar-refractivity contribution in [2.24, 2.45) is 0 Å². The molecule has 0 spiro atoms. The van der Waals surface area contributed by atoms with E-state index in [-0.39, 0.29) is 24.0 Å². The molecule has 3 N–H and O–H groups in total. The van der Waals surface area contributed by atoms with Crippen molar-refractivity contribution in [1.29, 1.82) is 0 Å². The molecule has 0 aromatic heterocycles. The molecule has 0 bridgehead atoms. The van der Waals surface area contributed by atoms with E-state index in [2.05, 4.69) is 16.0 Å². The van der Waals surface area contributed by atoms with Crippen LogP contribution < -0.4 is 20.7 Å². The van der Waals surface area contributed by atoms with Crippen LogP contribution in [0.4, 0.5) is 4.79 Å². The molecular formula is C18H24ClN3O3S. The maximum absolute atomic E-state index is 11.9. The Kier molecular flexibility index (Phi) is 6.91. The molecule has 26 heavy (non-hydrogen) atoms. The van der Waals surface area contributed by atoms with Gasteiger partial charge in [0.1, 0.15) is 12.4 Å². The summed E-state index contributed by atoms with van der Waals surface area (Å²) in [7, 11) is 0. The molecule has 0 radical (unpaired) electrons. The average molecular weight is 398 g/mol. The van der Waals surface area contributed by atoms with E-state index in [9.17, 15) is 9.59 Å². The molecule has 3 amide bonds. The predicted octanol–water partition coefficient (Wildman–Crippen LogP) is 2.56. The van der Waals surface area contributed by atoms with Crippen molar-refractivity contribution in [3.8, 4) is 5.75 Å². The second kappa shape index (κ2) is 9.37. The van der Waals surface area contributed by atoms with Crippen LogP contribution >= 0.6 is 23.4 Å². The Bertz CT molecular complexity index is 629. The van der Waals surface area contributed by atoms with Crippen molar-refractivity contribution in [2.45, 2.75) is 43.0 Å². The van der Waals surface area contributed by atoms with Crippen LogP contribution in [0.25, 0.3) is 0 Å². The zero-order chi connectivity index (χ0) is 18.4. The van der Waals surface area contributed by atoms with Crippen LogP contribution in [0.2, 0.25) is 5.02 Å². The van der Waals surface area contributed by atoms with E-state index in [0.717, 1.165) is 30.8 Å². The first kappa shape index (κ1) is 19.2. The van der Waals surface area contributed by atoms with Crippen LogP contribution in [0.5, 0.6) is 5.75 Å². The van der Waals surface area contributed by atoms with Gasteiger partial charge >= 0.3 is 6.03 Å². The van der Waals surface area contributed by atoms with Crippen molar-refractivity contribution >= 4 is 35.3 Å². The largest absolute Gasteiger partial charge is 0.492 e. The lowest BCUT2D eigenvalue weighted by Gasteiger charge is -2.16. The summed E-state index contributed by atoms with van der Waals surface area (Å²) < 4.78 is 5.54. The normalized spacial score (nSPS) is 23.9. The van der Waals surface area contributed by atoms with Crippen molar-refractivity contribution in [3.05, 3.63) is 29.3 Å². The first-order chi connectivity index (χ1) is 12.6. The van der Waals surface area contributed by atoms with Gasteiger partial charge in [0, 0.05) is 22.4 Å². The van der Waals surface area contributed by atoms with E-state index in [0.29, 0.717) is 29.8 Å². The third kappa shape index (κ3) is 5.45. The van der Waals surface area contributed by atoms with Gasteiger partial charge in [0.15, 0.2) is 0 Å². The number of halogens is 1. The minimum absolute atomic E-state index is 0.0505. The van der Waals surface area contributed by atoms with Gasteiger partial charge < -0.3 is 20.7 Å². The molecule has 6 nitrogen and oxygen atoms in total. The molecule has 3 rings (SSSR count). The lowest BCUT2D eigenvalue weighted by molar-refractivity contribution is -0.121. The van der Waals surface area contributed by atoms with Gasteiger partial charge in [0.25, 0.3) is 0 Å². The summed E-state index contributed by atoms with van der Waals surface area (Å²) in [5, 5.41) is 9.94. The van der Waals surface area contributed by atoms with Crippen LogP contribution in [0.3, 0.4) is 0 Å². The third-order valence-corrected chi connectivity index (χ3v) is 6.35. The number of fused-ring (bicyclic) bond motifs is 1. The van der Waals surface area contributed by atoms with Gasteiger partial charge in [-0.1, -0.05) is 18.0 Å². The topological polar surface area (TPSA) is 79.5 Å². The monoisotopic (exact) mass is 397 g/mol. The molecule has 142 valence electrons. The molecule has 1 aromatic rings. The van der Waals surface area contributed by atoms with Gasteiger partial charge in [-0.3, -0.25) is 4.79 Å². The zero-order valence-electron chi connectivity index (χ0n) is 14.5. The van der Waals surface area contributed by atoms with Gasteiger partial charge in [-0.25, -0.2) is 4.79 Å². The van der Waals surface area contributed by atoms with Crippen molar-refractivity contribution < 1.29 is 14.3 Å². The van der Waals surface area contributed by atoms with Gasteiger partial charge in [0.05, 0.1) is 18.6 Å². The highest BCUT2D eigenvalue weighted by atomic mass is 35.5. The van der Waals surface area contributed by atoms with Gasteiger partial charge in [0.2, 0.25) is 5.91 Å². The zero-order valence-corrected chi connectivity index (χ0v) is 16.1. The van der Waals surface area contributed by atoms with Crippen LogP contribution in [-0.2, 0) is 4.79 Å². The molecule has 2 fully saturated rings. The quantitative estimate of drug-likeness (QED) is 0.442. The Morgan fingerprint density at radius 3 is 2.88 bits per heavy atom. The molecule has 2 aliphatic rings. The molecule has 2 aliphatic heterocycles. The summed E-state index contributed by atoms with van der Waals surface area (Å²) in [5.41, 5.74) is 0. The van der Waals surface area contributed by atoms with Gasteiger partial charge in [-0.15, -0.1) is 0 Å². The number of nitrogens with one attached hydrogen (secondary N) is 3. The number of amides is 3. The van der Waals surface area contributed by atoms with E-state index in [1.807, 2.05) is 11.8 Å². The van der Waals surface area contributed by atoms with Crippen LogP contribution in [0.1, 0.15) is 25.7 Å². The third-order valence-electron chi connectivity index (χ3n) is 4.59. The Morgan fingerprint density at radius 2 is 2.08 bits per heavy atom. The number of benzene rings is 1. The van der Waals surface area contributed by atoms with Crippen LogP contribution in [0.15, 0.2) is 24.3 Å². The average Bonchev–Trinajstić information content (AvgIpc) is 3.17. The van der Waals surface area contributed by atoms with E-state index in [1.54, 1.807) is 24.3 Å². The molecule has 1 aromatic carbocycles. The number of carbonyl (C=O) groups excluding carboxylic acids is 2. The number of hydrogen-bond donors (Lipinski definition) is 3. The highest BCUT2D eigenvalue weighted by Crippen LogP contribution is 2.33. The Labute approximate surface area is 162 Å². The Hall–Kier alpha value is -1.60. The van der Waals surface area contributed by atoms with Crippen LogP contribution in [0, 0.1) is 0 Å². The maximum Gasteiger partial charge on any atom is 0.315 e. The maximum atomic E-state index is 11.9. The summed E-state index contributed by atoms with van der Waals surface area (Å²) in [4.78, 5) is 23.2. The van der Waals surface area contributed by atoms with E-state index in [1.165, 1.54) is 0 Å². The lowest BCUT2D eigenvalue weighted by Crippen LogP contribution is -2.36. The highest BCUT2D eigenvalue weighted by Gasteiger charge is 2.42. The molecule has 0 unspecified atom stereocenters. The molecule has 3 atom stereocenters. The number of rotatable bonds is 9. The molecule has 0 saturated carbocycles. The number of hydrogen-bond acceptors (Lipinski definition) is 4. The minimum atomic E-state index is -0.0505. The van der Waals surface area contributed by atoms with Crippen molar-refractivity contribution in [3.63, 3.8) is 0 Å². The number of ether oxygens (including phenoxy) is 1. The van der Waals surface area contributed by atoms with Gasteiger partial charge in [-0.05, 0) is 37.1 Å². The summed E-state index contributed by atoms with van der Waals surface area (Å²) in [6.07, 6.45) is 3.41. The summed E-state index contributed by atoms with van der Waals surface area (Å²) in [6.45, 7) is 0.920. The van der Waals surface area contributed by atoms with Crippen molar-refractivity contribution in [1.82, 2.24) is 16.0 Å². The minimum Gasteiger partial charge on any atom is -0.492 e. The first-order valence-electron chi connectivity index (χ1n) is 8.95. The standard InChI is InChI=1S/C18H24ClN3O3S/c19-12-5-7-13(8-6-12)25-10-9-20-16(23)4-2-1-3-15-17-14(11-26-15)21-18(24)22-17/h5-8,14-15,17H,1-4,9-11H2,(H,20,23)(H2,21,22,24)/t14-,15-,17-/m0/s1. The summed E-state index contributed by atoms with van der Waals surface area (Å²) in [6, 6.07) is 7.61. The summed E-state index contributed by atoms with van der Waals surface area (Å²) in [5.74, 6) is 1.77. The predicted molar refractivity (Wildman–Crippen MR) is 104 cm³/mol. The lowest BCUT2D eigenvalue weighted by atomic mass is 10.0. The van der Waals surface area contributed by atoms with E-state index in [4.69, 9.17) is 16.3 Å². The Balaban J connectivity index is 1.22. The fourth-order valence-electron chi connectivity index (χ4n) is 3.25. The second-order valence-electron chi connectivity index (χ2n) is 6.52. The fourth-order valence-corrected chi connectivity index (χ4v) is 4.92. The van der Waals surface area contributed by atoms with E-state index < -0.39 is 0 Å². The SMILES string of the molecule is O=C(CCCC[C@@H]1SC[C@@H]2NC(=O)N[C@@H]21)NCCOc1ccc(Cl)cc1. The van der Waals surface area contributed by atoms with E-state index >= 15 is 0 Å². The fraction of sp³-hybridized carbons (Fsp3) is 0.556. The van der Waals surface area contributed by atoms with Crippen molar-refractivity contribution in [2.75, 3.05) is 18.9 Å². The molecule has 2 saturated heterocycles. The molecule has 0 aliphatic carbocycles. The molecule has 2 heterocycles. The van der Waals surface area contributed by atoms with Gasteiger partial charge in [-0.2, -0.15) is 11.8 Å². The second-order valence-corrected chi connectivity index (χ2v) is 8.23.